The van der Waals surface area contributed by atoms with Gasteiger partial charge in [-0.1, -0.05) is 30.4 Å². The van der Waals surface area contributed by atoms with E-state index in [2.05, 4.69) is 5.32 Å². The molecule has 0 unspecified atom stereocenters. The lowest BCUT2D eigenvalue weighted by atomic mass is 10.1. The van der Waals surface area contributed by atoms with E-state index in [9.17, 15) is 13.2 Å². The van der Waals surface area contributed by atoms with Crippen molar-refractivity contribution < 1.29 is 22.7 Å². The maximum absolute atomic E-state index is 13.3. The van der Waals surface area contributed by atoms with Crippen LogP contribution in [-0.2, 0) is 19.6 Å². The van der Waals surface area contributed by atoms with E-state index in [1.807, 2.05) is 19.1 Å². The largest absolute Gasteiger partial charge is 0.490 e. The van der Waals surface area contributed by atoms with Crippen molar-refractivity contribution in [1.82, 2.24) is 5.32 Å². The third-order valence-electron chi connectivity index (χ3n) is 5.75. The van der Waals surface area contributed by atoms with Crippen LogP contribution in [0.3, 0.4) is 0 Å². The number of aryl methyl sites for hydroxylation is 1. The quantitative estimate of drug-likeness (QED) is 0.238. The predicted octanol–water partition coefficient (Wildman–Crippen LogP) is 2.82. The van der Waals surface area contributed by atoms with Crippen LogP contribution in [0.2, 0.25) is 0 Å². The number of hydrogen-bond acceptors (Lipinski definition) is 7. The molecule has 0 saturated carbocycles. The molecule has 0 aliphatic carbocycles. The number of nitrogens with one attached hydrogen (secondary N) is 2. The number of anilines is 1. The van der Waals surface area contributed by atoms with Gasteiger partial charge in [-0.2, -0.15) is 0 Å². The molecule has 4 N–H and O–H groups in total. The fraction of sp³-hybridized carbons (Fsp3) is 0.385. The number of hydrogen-bond donors (Lipinski definition) is 3. The van der Waals surface area contributed by atoms with Gasteiger partial charge in [0.15, 0.2) is 5.75 Å². The summed E-state index contributed by atoms with van der Waals surface area (Å²) in [5, 5.41) is 10.9. The summed E-state index contributed by atoms with van der Waals surface area (Å²) >= 11 is 0. The summed E-state index contributed by atoms with van der Waals surface area (Å²) in [5.74, 6) is -0.931. The van der Waals surface area contributed by atoms with E-state index in [1.165, 1.54) is 4.31 Å². The molecule has 2 aromatic carbocycles. The third-order valence-corrected chi connectivity index (χ3v) is 7.36. The number of esters is 1. The van der Waals surface area contributed by atoms with Gasteiger partial charge in [-0.05, 0) is 75.2 Å². The van der Waals surface area contributed by atoms with Crippen molar-refractivity contribution in [2.45, 2.75) is 32.8 Å². The highest BCUT2D eigenvalue weighted by Gasteiger charge is 2.27. The number of nitrogens with two attached hydrogens (primary N) is 1. The molecular weight excluding hydrogens is 480 g/mol. The van der Waals surface area contributed by atoms with Gasteiger partial charge in [-0.15, -0.1) is 0 Å². The molecule has 2 aromatic rings. The second kappa shape index (κ2) is 12.5. The first-order valence-corrected chi connectivity index (χ1v) is 13.6. The van der Waals surface area contributed by atoms with E-state index >= 15 is 0 Å². The van der Waals surface area contributed by atoms with Crippen LogP contribution in [-0.4, -0.2) is 58.3 Å². The monoisotopic (exact) mass is 514 g/mol. The van der Waals surface area contributed by atoms with E-state index in [0.29, 0.717) is 22.6 Å². The third kappa shape index (κ3) is 7.56. The van der Waals surface area contributed by atoms with Gasteiger partial charge < -0.3 is 20.5 Å². The number of amidine groups is 1. The van der Waals surface area contributed by atoms with Crippen LogP contribution in [0.4, 0.5) is 5.69 Å². The second-order valence-corrected chi connectivity index (χ2v) is 10.4. The van der Waals surface area contributed by atoms with Crippen molar-refractivity contribution in [3.05, 3.63) is 65.2 Å². The number of carbonyl (C=O) groups excluding carboxylic acids is 1. The molecule has 0 radical (unpaired) electrons. The van der Waals surface area contributed by atoms with Crippen molar-refractivity contribution in [3.8, 4) is 5.75 Å². The first-order chi connectivity index (χ1) is 17.2. The van der Waals surface area contributed by atoms with Gasteiger partial charge in [0.25, 0.3) is 0 Å². The van der Waals surface area contributed by atoms with Crippen LogP contribution in [0.15, 0.2) is 48.5 Å². The summed E-state index contributed by atoms with van der Waals surface area (Å²) in [6.07, 6.45) is 5.39. The molecular formula is C26H34N4O5S. The van der Waals surface area contributed by atoms with Crippen LogP contribution in [0.25, 0.3) is 6.08 Å². The number of benzene rings is 2. The van der Waals surface area contributed by atoms with E-state index in [0.717, 1.165) is 31.5 Å². The lowest BCUT2D eigenvalue weighted by Crippen LogP contribution is -2.37. The van der Waals surface area contributed by atoms with Crippen LogP contribution >= 0.6 is 0 Å². The minimum Gasteiger partial charge on any atom is -0.490 e. The molecule has 0 bridgehead atoms. The van der Waals surface area contributed by atoms with Crippen molar-refractivity contribution in [1.29, 1.82) is 5.41 Å². The molecule has 1 heterocycles. The highest BCUT2D eigenvalue weighted by molar-refractivity contribution is 7.93. The average molecular weight is 515 g/mol. The molecule has 0 atom stereocenters. The Morgan fingerprint density at radius 1 is 1.22 bits per heavy atom. The van der Waals surface area contributed by atoms with E-state index in [4.69, 9.17) is 20.6 Å². The summed E-state index contributed by atoms with van der Waals surface area (Å²) < 4.78 is 38.7. The number of rotatable bonds is 11. The summed E-state index contributed by atoms with van der Waals surface area (Å²) in [7, 11) is -4.03. The Bertz CT molecular complexity index is 1210. The Morgan fingerprint density at radius 2 is 1.97 bits per heavy atom. The first kappa shape index (κ1) is 27.2. The van der Waals surface area contributed by atoms with Crippen LogP contribution in [0.5, 0.6) is 5.75 Å². The molecule has 10 heteroatoms. The molecule has 9 nitrogen and oxygen atoms in total. The van der Waals surface area contributed by atoms with Gasteiger partial charge in [0.05, 0.1) is 18.8 Å². The summed E-state index contributed by atoms with van der Waals surface area (Å²) in [4.78, 5) is 12.0. The van der Waals surface area contributed by atoms with Crippen molar-refractivity contribution in [2.75, 3.05) is 36.3 Å². The van der Waals surface area contributed by atoms with E-state index < -0.39 is 21.7 Å². The predicted molar refractivity (Wildman–Crippen MR) is 142 cm³/mol. The minimum absolute atomic E-state index is 0.00136. The van der Waals surface area contributed by atoms with E-state index in [1.54, 1.807) is 49.4 Å². The Kier molecular flexibility index (Phi) is 9.49. The molecule has 194 valence electrons. The normalized spacial score (nSPS) is 14.5. The first-order valence-electron chi connectivity index (χ1n) is 11.9. The zero-order valence-corrected chi connectivity index (χ0v) is 21.5. The molecule has 1 aliphatic rings. The minimum atomic E-state index is -4.03. The maximum Gasteiger partial charge on any atom is 0.323 e. The van der Waals surface area contributed by atoms with Crippen LogP contribution < -0.4 is 20.1 Å². The summed E-state index contributed by atoms with van der Waals surface area (Å²) in [6.45, 7) is 5.36. The molecule has 36 heavy (non-hydrogen) atoms. The average Bonchev–Trinajstić information content (AvgIpc) is 2.83. The molecule has 0 spiro atoms. The number of nitrogen functional groups attached to an aromatic ring is 1. The Balaban J connectivity index is 1.86. The SMILES string of the molecule is CCOC(=O)CS(=O)(=O)N(C/C=C/c1cccc(C(=N)N)c1)c1ccc(OC2CCNCC2)cc1C. The molecule has 3 rings (SSSR count). The summed E-state index contributed by atoms with van der Waals surface area (Å²) in [6, 6.07) is 12.4. The fourth-order valence-electron chi connectivity index (χ4n) is 3.97. The number of ether oxygens (including phenoxy) is 2. The topological polar surface area (TPSA) is 135 Å². The fourth-order valence-corrected chi connectivity index (χ4v) is 5.33. The van der Waals surface area contributed by atoms with Gasteiger partial charge in [0.2, 0.25) is 10.0 Å². The lowest BCUT2D eigenvalue weighted by Gasteiger charge is -2.26. The standard InChI is InChI=1S/C26H34N4O5S/c1-3-34-25(31)18-36(32,33)30(15-5-7-20-6-4-8-21(17-20)26(27)28)24-10-9-23(16-19(24)2)35-22-11-13-29-14-12-22/h4-10,16-17,22,29H,3,11-15,18H2,1-2H3,(H3,27,28)/b7-5+. The van der Waals surface area contributed by atoms with Gasteiger partial charge in [-0.3, -0.25) is 14.5 Å². The molecule has 1 fully saturated rings. The molecule has 1 saturated heterocycles. The maximum atomic E-state index is 13.3. The summed E-state index contributed by atoms with van der Waals surface area (Å²) in [5.41, 5.74) is 8.08. The zero-order chi connectivity index (χ0) is 26.1. The highest BCUT2D eigenvalue weighted by atomic mass is 32.2. The molecule has 0 aromatic heterocycles. The highest BCUT2D eigenvalue weighted by Crippen LogP contribution is 2.29. The number of carbonyl (C=O) groups is 1. The Labute approximate surface area is 212 Å². The van der Waals surface area contributed by atoms with E-state index in [-0.39, 0.29) is 25.1 Å². The van der Waals surface area contributed by atoms with Crippen LogP contribution in [0.1, 0.15) is 36.5 Å². The zero-order valence-electron chi connectivity index (χ0n) is 20.7. The Morgan fingerprint density at radius 3 is 2.64 bits per heavy atom. The van der Waals surface area contributed by atoms with Gasteiger partial charge in [0, 0.05) is 5.56 Å². The smallest absolute Gasteiger partial charge is 0.323 e. The van der Waals surface area contributed by atoms with Gasteiger partial charge >= 0.3 is 5.97 Å². The van der Waals surface area contributed by atoms with Crippen molar-refractivity contribution in [2.24, 2.45) is 5.73 Å². The molecule has 0 amide bonds. The van der Waals surface area contributed by atoms with Crippen molar-refractivity contribution >= 4 is 33.6 Å². The number of sulfonamides is 1. The number of nitrogens with zero attached hydrogens (tertiary/aromatic N) is 1. The molecule has 1 aliphatic heterocycles. The van der Waals surface area contributed by atoms with Gasteiger partial charge in [-0.25, -0.2) is 8.42 Å². The number of piperidine rings is 1. The Hall–Kier alpha value is -3.37. The lowest BCUT2D eigenvalue weighted by molar-refractivity contribution is -0.139. The van der Waals surface area contributed by atoms with Crippen LogP contribution in [0, 0.1) is 12.3 Å². The second-order valence-electron chi connectivity index (χ2n) is 8.55. The van der Waals surface area contributed by atoms with Gasteiger partial charge in [0.1, 0.15) is 17.7 Å². The van der Waals surface area contributed by atoms with Crippen molar-refractivity contribution in [3.63, 3.8) is 0 Å².